The molecule has 24 heavy (non-hydrogen) atoms. The molecule has 0 fully saturated rings. The molecular formula is C18H25N3O2S. The molecule has 0 aliphatic heterocycles. The van der Waals surface area contributed by atoms with Crippen LogP contribution in [-0.2, 0) is 6.42 Å². The van der Waals surface area contributed by atoms with Gasteiger partial charge in [0.25, 0.3) is 0 Å². The Morgan fingerprint density at radius 1 is 1.33 bits per heavy atom. The van der Waals surface area contributed by atoms with E-state index >= 15 is 0 Å². The lowest BCUT2D eigenvalue weighted by molar-refractivity contribution is 0.234. The normalized spacial score (nSPS) is 13.3. The smallest absolute Gasteiger partial charge is 0.315 e. The number of nitrogens with one attached hydrogen (secondary N) is 2. The molecule has 0 radical (unpaired) electrons. The molecule has 0 spiro atoms. The first kappa shape index (κ1) is 18.4. The van der Waals surface area contributed by atoms with Crippen molar-refractivity contribution >= 4 is 17.4 Å². The number of carbonyl (C=O) groups excluding carboxylic acids is 1. The highest BCUT2D eigenvalue weighted by Crippen LogP contribution is 2.19. The van der Waals surface area contributed by atoms with Crippen LogP contribution in [0.3, 0.4) is 0 Å². The molecule has 0 bridgehead atoms. The van der Waals surface area contributed by atoms with E-state index in [1.165, 1.54) is 0 Å². The number of rotatable bonds is 8. The van der Waals surface area contributed by atoms with E-state index in [1.54, 1.807) is 11.3 Å². The number of aryl methyl sites for hydroxylation is 1. The number of thiazole rings is 1. The van der Waals surface area contributed by atoms with Gasteiger partial charge >= 0.3 is 6.03 Å². The third-order valence-corrected chi connectivity index (χ3v) is 4.93. The number of carbonyl (C=O) groups is 1. The van der Waals surface area contributed by atoms with Gasteiger partial charge in [-0.05, 0) is 25.3 Å². The number of aromatic nitrogens is 1. The SMILES string of the molecule is CCc1nc(C(C)NC(=O)NCC(CCO)c2ccccc2)cs1. The van der Waals surface area contributed by atoms with Crippen LogP contribution in [0.25, 0.3) is 0 Å². The monoisotopic (exact) mass is 347 g/mol. The van der Waals surface area contributed by atoms with E-state index in [1.807, 2.05) is 42.6 Å². The van der Waals surface area contributed by atoms with Crippen LogP contribution in [-0.4, -0.2) is 29.3 Å². The van der Waals surface area contributed by atoms with Crippen LogP contribution in [0.1, 0.15) is 48.5 Å². The van der Waals surface area contributed by atoms with Gasteiger partial charge < -0.3 is 15.7 Å². The number of hydrogen-bond donors (Lipinski definition) is 3. The summed E-state index contributed by atoms with van der Waals surface area (Å²) in [6, 6.07) is 9.58. The van der Waals surface area contributed by atoms with Crippen molar-refractivity contribution in [1.29, 1.82) is 0 Å². The van der Waals surface area contributed by atoms with Crippen molar-refractivity contribution in [1.82, 2.24) is 15.6 Å². The Labute approximate surface area is 147 Å². The Bertz CT molecular complexity index is 630. The molecule has 6 heteroatoms. The number of aliphatic hydroxyl groups excluding tert-OH is 1. The molecule has 130 valence electrons. The molecule has 2 rings (SSSR count). The van der Waals surface area contributed by atoms with Crippen LogP contribution < -0.4 is 10.6 Å². The Balaban J connectivity index is 1.86. The van der Waals surface area contributed by atoms with Crippen LogP contribution in [0, 0.1) is 0 Å². The van der Waals surface area contributed by atoms with E-state index < -0.39 is 0 Å². The number of benzene rings is 1. The minimum atomic E-state index is -0.215. The largest absolute Gasteiger partial charge is 0.396 e. The van der Waals surface area contributed by atoms with Gasteiger partial charge in [-0.2, -0.15) is 0 Å². The van der Waals surface area contributed by atoms with Crippen LogP contribution in [0.5, 0.6) is 0 Å². The predicted molar refractivity (Wildman–Crippen MR) is 97.3 cm³/mol. The molecule has 1 aromatic heterocycles. The summed E-state index contributed by atoms with van der Waals surface area (Å²) < 4.78 is 0. The van der Waals surface area contributed by atoms with Crippen molar-refractivity contribution in [2.24, 2.45) is 0 Å². The lowest BCUT2D eigenvalue weighted by Gasteiger charge is -2.18. The van der Waals surface area contributed by atoms with Crippen molar-refractivity contribution in [3.05, 3.63) is 52.0 Å². The van der Waals surface area contributed by atoms with Gasteiger partial charge in [-0.25, -0.2) is 9.78 Å². The molecule has 1 aromatic carbocycles. The number of urea groups is 1. The number of aliphatic hydroxyl groups is 1. The van der Waals surface area contributed by atoms with E-state index in [0.717, 1.165) is 22.7 Å². The summed E-state index contributed by atoms with van der Waals surface area (Å²) >= 11 is 1.62. The number of hydrogen-bond acceptors (Lipinski definition) is 4. The molecular weight excluding hydrogens is 322 g/mol. The van der Waals surface area contributed by atoms with Crippen LogP contribution in [0.2, 0.25) is 0 Å². The number of nitrogens with zero attached hydrogens (tertiary/aromatic N) is 1. The van der Waals surface area contributed by atoms with Crippen molar-refractivity contribution < 1.29 is 9.90 Å². The van der Waals surface area contributed by atoms with Crippen molar-refractivity contribution in [3.8, 4) is 0 Å². The molecule has 0 aliphatic carbocycles. The molecule has 2 aromatic rings. The quantitative estimate of drug-likeness (QED) is 0.686. The van der Waals surface area contributed by atoms with Gasteiger partial charge in [-0.15, -0.1) is 11.3 Å². The van der Waals surface area contributed by atoms with Gasteiger partial charge in [0.05, 0.1) is 16.7 Å². The molecule has 5 nitrogen and oxygen atoms in total. The van der Waals surface area contributed by atoms with E-state index in [4.69, 9.17) is 0 Å². The fourth-order valence-electron chi connectivity index (χ4n) is 2.49. The topological polar surface area (TPSA) is 74.2 Å². The van der Waals surface area contributed by atoms with E-state index in [9.17, 15) is 9.90 Å². The second kappa shape index (κ2) is 9.39. The van der Waals surface area contributed by atoms with E-state index in [0.29, 0.717) is 13.0 Å². The highest BCUT2D eigenvalue weighted by atomic mass is 32.1. The standard InChI is InChI=1S/C18H25N3O2S/c1-3-17-21-16(12-24-17)13(2)20-18(23)19-11-15(9-10-22)14-7-5-4-6-8-14/h4-8,12-13,15,22H,3,9-11H2,1-2H3,(H2,19,20,23). The summed E-state index contributed by atoms with van der Waals surface area (Å²) in [4.78, 5) is 16.6. The Morgan fingerprint density at radius 2 is 2.08 bits per heavy atom. The fourth-order valence-corrected chi connectivity index (χ4v) is 3.33. The summed E-state index contributed by atoms with van der Waals surface area (Å²) in [7, 11) is 0. The molecule has 3 N–H and O–H groups in total. The Morgan fingerprint density at radius 3 is 2.71 bits per heavy atom. The van der Waals surface area contributed by atoms with Crippen molar-refractivity contribution in [2.45, 2.75) is 38.6 Å². The second-order valence-electron chi connectivity index (χ2n) is 5.72. The highest BCUT2D eigenvalue weighted by Gasteiger charge is 2.15. The van der Waals surface area contributed by atoms with E-state index in [-0.39, 0.29) is 24.6 Å². The first-order chi connectivity index (χ1) is 11.6. The third-order valence-electron chi connectivity index (χ3n) is 3.92. The minimum absolute atomic E-state index is 0.0951. The average Bonchev–Trinajstić information content (AvgIpc) is 3.08. The van der Waals surface area contributed by atoms with Gasteiger partial charge in [0, 0.05) is 24.4 Å². The average molecular weight is 347 g/mol. The van der Waals surface area contributed by atoms with Crippen molar-refractivity contribution in [3.63, 3.8) is 0 Å². The first-order valence-electron chi connectivity index (χ1n) is 8.28. The van der Waals surface area contributed by atoms with Gasteiger partial charge in [-0.1, -0.05) is 37.3 Å². The van der Waals surface area contributed by atoms with Crippen LogP contribution in [0.4, 0.5) is 4.79 Å². The molecule has 1 heterocycles. The zero-order chi connectivity index (χ0) is 17.4. The summed E-state index contributed by atoms with van der Waals surface area (Å²) in [6.45, 7) is 4.58. The lowest BCUT2D eigenvalue weighted by atomic mass is 9.96. The maximum Gasteiger partial charge on any atom is 0.315 e. The zero-order valence-electron chi connectivity index (χ0n) is 14.2. The van der Waals surface area contributed by atoms with Gasteiger partial charge in [0.15, 0.2) is 0 Å². The molecule has 2 atom stereocenters. The molecule has 2 unspecified atom stereocenters. The lowest BCUT2D eigenvalue weighted by Crippen LogP contribution is -2.39. The van der Waals surface area contributed by atoms with E-state index in [2.05, 4.69) is 22.5 Å². The van der Waals surface area contributed by atoms with Crippen LogP contribution in [0.15, 0.2) is 35.7 Å². The summed E-state index contributed by atoms with van der Waals surface area (Å²) in [5.41, 5.74) is 2.01. The maximum absolute atomic E-state index is 12.1. The van der Waals surface area contributed by atoms with Gasteiger partial charge in [0.1, 0.15) is 0 Å². The zero-order valence-corrected chi connectivity index (χ0v) is 15.0. The second-order valence-corrected chi connectivity index (χ2v) is 6.66. The van der Waals surface area contributed by atoms with Gasteiger partial charge in [-0.3, -0.25) is 0 Å². The highest BCUT2D eigenvalue weighted by molar-refractivity contribution is 7.09. The Kier molecular flexibility index (Phi) is 7.21. The molecule has 0 saturated carbocycles. The molecule has 0 saturated heterocycles. The van der Waals surface area contributed by atoms with Gasteiger partial charge in [0.2, 0.25) is 0 Å². The number of amides is 2. The minimum Gasteiger partial charge on any atom is -0.396 e. The molecule has 0 aliphatic rings. The van der Waals surface area contributed by atoms with Crippen LogP contribution >= 0.6 is 11.3 Å². The fraction of sp³-hybridized carbons (Fsp3) is 0.444. The third kappa shape index (κ3) is 5.32. The summed E-state index contributed by atoms with van der Waals surface area (Å²) in [5, 5.41) is 18.1. The predicted octanol–water partition coefficient (Wildman–Crippen LogP) is 3.23. The molecule has 2 amide bonds. The summed E-state index contributed by atoms with van der Waals surface area (Å²) in [5.74, 6) is 0.100. The first-order valence-corrected chi connectivity index (χ1v) is 9.16. The summed E-state index contributed by atoms with van der Waals surface area (Å²) in [6.07, 6.45) is 1.52. The maximum atomic E-state index is 12.1. The van der Waals surface area contributed by atoms with Crippen molar-refractivity contribution in [2.75, 3.05) is 13.2 Å². The Hall–Kier alpha value is -1.92.